The molecule has 0 aromatic heterocycles. The third-order valence-electron chi connectivity index (χ3n) is 3.64. The van der Waals surface area contributed by atoms with E-state index in [-0.39, 0.29) is 17.5 Å². The molecule has 0 saturated carbocycles. The topological polar surface area (TPSA) is 69.6 Å². The van der Waals surface area contributed by atoms with E-state index < -0.39 is 10.0 Å². The maximum absolute atomic E-state index is 12.0. The molecule has 0 aliphatic carbocycles. The lowest BCUT2D eigenvalue weighted by Gasteiger charge is -2.17. The molecule has 0 aliphatic heterocycles. The Labute approximate surface area is 137 Å². The largest absolute Gasteiger partial charge is 0.394 e. The molecule has 2 rings (SSSR count). The molecule has 2 aromatic rings. The van der Waals surface area contributed by atoms with Crippen LogP contribution >= 0.6 is 0 Å². The highest BCUT2D eigenvalue weighted by Gasteiger charge is 2.16. The van der Waals surface area contributed by atoms with Gasteiger partial charge in [0.25, 0.3) is 0 Å². The highest BCUT2D eigenvalue weighted by Crippen LogP contribution is 2.16. The van der Waals surface area contributed by atoms with Crippen LogP contribution in [0.3, 0.4) is 0 Å². The number of nitrogens with one attached hydrogen (secondary N) is 1. The van der Waals surface area contributed by atoms with Crippen molar-refractivity contribution in [2.75, 3.05) is 20.7 Å². The Morgan fingerprint density at radius 1 is 1.04 bits per heavy atom. The van der Waals surface area contributed by atoms with E-state index in [0.717, 1.165) is 11.1 Å². The lowest BCUT2D eigenvalue weighted by molar-refractivity contribution is 0.243. The Bertz CT molecular complexity index is 713. The van der Waals surface area contributed by atoms with Crippen LogP contribution in [0.4, 0.5) is 0 Å². The standard InChI is InChI=1S/C17H22N2O3S/c1-19(2)23(21,22)16-10-8-14(9-11-16)12-18-17(13-20)15-6-4-3-5-7-15/h3-11,17-18,20H,12-13H2,1-2H3. The predicted molar refractivity (Wildman–Crippen MR) is 90.4 cm³/mol. The van der Waals surface area contributed by atoms with Crippen molar-refractivity contribution in [2.45, 2.75) is 17.5 Å². The summed E-state index contributed by atoms with van der Waals surface area (Å²) in [5, 5.41) is 12.8. The Morgan fingerprint density at radius 2 is 1.65 bits per heavy atom. The van der Waals surface area contributed by atoms with Gasteiger partial charge in [-0.3, -0.25) is 0 Å². The minimum Gasteiger partial charge on any atom is -0.394 e. The molecule has 2 N–H and O–H groups in total. The van der Waals surface area contributed by atoms with E-state index in [9.17, 15) is 13.5 Å². The minimum atomic E-state index is -3.40. The fourth-order valence-corrected chi connectivity index (χ4v) is 3.11. The van der Waals surface area contributed by atoms with Crippen molar-refractivity contribution in [1.29, 1.82) is 0 Å². The molecular weight excluding hydrogens is 312 g/mol. The summed E-state index contributed by atoms with van der Waals surface area (Å²) in [7, 11) is -0.379. The molecule has 0 amide bonds. The number of hydrogen-bond acceptors (Lipinski definition) is 4. The van der Waals surface area contributed by atoms with Gasteiger partial charge in [0.15, 0.2) is 0 Å². The monoisotopic (exact) mass is 334 g/mol. The van der Waals surface area contributed by atoms with Gasteiger partial charge in [0.1, 0.15) is 0 Å². The summed E-state index contributed by atoms with van der Waals surface area (Å²) in [6.45, 7) is 0.541. The third kappa shape index (κ3) is 4.39. The SMILES string of the molecule is CN(C)S(=O)(=O)c1ccc(CNC(CO)c2ccccc2)cc1. The maximum Gasteiger partial charge on any atom is 0.242 e. The van der Waals surface area contributed by atoms with Crippen molar-refractivity contribution in [3.63, 3.8) is 0 Å². The first kappa shape index (κ1) is 17.6. The van der Waals surface area contributed by atoms with Gasteiger partial charge < -0.3 is 10.4 Å². The second-order valence-electron chi connectivity index (χ2n) is 5.46. The number of aliphatic hydroxyl groups excluding tert-OH is 1. The number of aliphatic hydroxyl groups is 1. The Morgan fingerprint density at radius 3 is 2.17 bits per heavy atom. The van der Waals surface area contributed by atoms with Crippen LogP contribution in [0.2, 0.25) is 0 Å². The van der Waals surface area contributed by atoms with Crippen molar-refractivity contribution < 1.29 is 13.5 Å². The molecule has 0 heterocycles. The van der Waals surface area contributed by atoms with E-state index in [4.69, 9.17) is 0 Å². The van der Waals surface area contributed by atoms with Crippen LogP contribution < -0.4 is 5.32 Å². The highest BCUT2D eigenvalue weighted by atomic mass is 32.2. The van der Waals surface area contributed by atoms with E-state index in [1.165, 1.54) is 18.4 Å². The van der Waals surface area contributed by atoms with Crippen molar-refractivity contribution in [1.82, 2.24) is 9.62 Å². The van der Waals surface area contributed by atoms with Gasteiger partial charge in [0.05, 0.1) is 17.5 Å². The average Bonchev–Trinajstić information content (AvgIpc) is 2.56. The quantitative estimate of drug-likeness (QED) is 0.809. The van der Waals surface area contributed by atoms with Crippen LogP contribution in [0.1, 0.15) is 17.2 Å². The summed E-state index contributed by atoms with van der Waals surface area (Å²) in [6, 6.07) is 16.3. The highest BCUT2D eigenvalue weighted by molar-refractivity contribution is 7.89. The molecule has 0 saturated heterocycles. The zero-order chi connectivity index (χ0) is 16.9. The van der Waals surface area contributed by atoms with Crippen LogP contribution in [0.5, 0.6) is 0 Å². The Hall–Kier alpha value is -1.73. The molecule has 0 radical (unpaired) electrons. The molecule has 2 aromatic carbocycles. The molecule has 1 unspecified atom stereocenters. The van der Waals surface area contributed by atoms with E-state index in [0.29, 0.717) is 6.54 Å². The van der Waals surface area contributed by atoms with Gasteiger partial charge in [-0.2, -0.15) is 0 Å². The fraction of sp³-hybridized carbons (Fsp3) is 0.294. The zero-order valence-corrected chi connectivity index (χ0v) is 14.1. The Kier molecular flexibility index (Phi) is 5.90. The molecular formula is C17H22N2O3S. The molecule has 0 aliphatic rings. The first-order chi connectivity index (χ1) is 10.9. The summed E-state index contributed by atoms with van der Waals surface area (Å²) in [5.41, 5.74) is 1.97. The summed E-state index contributed by atoms with van der Waals surface area (Å²) >= 11 is 0. The zero-order valence-electron chi connectivity index (χ0n) is 13.3. The van der Waals surface area contributed by atoms with Gasteiger partial charge in [-0.15, -0.1) is 0 Å². The number of sulfonamides is 1. The molecule has 23 heavy (non-hydrogen) atoms. The average molecular weight is 334 g/mol. The lowest BCUT2D eigenvalue weighted by Crippen LogP contribution is -2.24. The van der Waals surface area contributed by atoms with E-state index in [2.05, 4.69) is 5.32 Å². The van der Waals surface area contributed by atoms with Crippen molar-refractivity contribution >= 4 is 10.0 Å². The van der Waals surface area contributed by atoms with Crippen LogP contribution in [-0.4, -0.2) is 38.5 Å². The van der Waals surface area contributed by atoms with Crippen LogP contribution in [0, 0.1) is 0 Å². The second-order valence-corrected chi connectivity index (χ2v) is 7.61. The Balaban J connectivity index is 2.04. The molecule has 5 nitrogen and oxygen atoms in total. The molecule has 0 bridgehead atoms. The van der Waals surface area contributed by atoms with Crippen LogP contribution in [0.15, 0.2) is 59.5 Å². The molecule has 124 valence electrons. The number of benzene rings is 2. The number of hydrogen-bond donors (Lipinski definition) is 2. The summed E-state index contributed by atoms with van der Waals surface area (Å²) < 4.78 is 25.2. The van der Waals surface area contributed by atoms with E-state index in [1.54, 1.807) is 24.3 Å². The van der Waals surface area contributed by atoms with Crippen molar-refractivity contribution in [3.8, 4) is 0 Å². The van der Waals surface area contributed by atoms with Crippen molar-refractivity contribution in [3.05, 3.63) is 65.7 Å². The summed E-state index contributed by atoms with van der Waals surface area (Å²) in [6.07, 6.45) is 0. The van der Waals surface area contributed by atoms with E-state index in [1.807, 2.05) is 30.3 Å². The molecule has 1 atom stereocenters. The molecule has 0 spiro atoms. The minimum absolute atomic E-state index is 0.00287. The van der Waals surface area contributed by atoms with Crippen LogP contribution in [0.25, 0.3) is 0 Å². The second kappa shape index (κ2) is 7.70. The predicted octanol–water partition coefficient (Wildman–Crippen LogP) is 1.76. The van der Waals surface area contributed by atoms with Crippen LogP contribution in [-0.2, 0) is 16.6 Å². The first-order valence-electron chi connectivity index (χ1n) is 7.36. The summed E-state index contributed by atoms with van der Waals surface area (Å²) in [4.78, 5) is 0.271. The maximum atomic E-state index is 12.0. The van der Waals surface area contributed by atoms with Gasteiger partial charge in [-0.25, -0.2) is 12.7 Å². The molecule has 0 fully saturated rings. The van der Waals surface area contributed by atoms with Gasteiger partial charge in [-0.1, -0.05) is 42.5 Å². The van der Waals surface area contributed by atoms with Gasteiger partial charge in [0.2, 0.25) is 10.0 Å². The van der Waals surface area contributed by atoms with Crippen molar-refractivity contribution in [2.24, 2.45) is 0 Å². The lowest BCUT2D eigenvalue weighted by atomic mass is 10.1. The van der Waals surface area contributed by atoms with Gasteiger partial charge >= 0.3 is 0 Å². The van der Waals surface area contributed by atoms with E-state index >= 15 is 0 Å². The molecule has 6 heteroatoms. The third-order valence-corrected chi connectivity index (χ3v) is 5.47. The number of rotatable bonds is 7. The van der Waals surface area contributed by atoms with Gasteiger partial charge in [-0.05, 0) is 23.3 Å². The number of nitrogens with zero attached hydrogens (tertiary/aromatic N) is 1. The normalized spacial score (nSPS) is 13.2. The summed E-state index contributed by atoms with van der Waals surface area (Å²) in [5.74, 6) is 0. The van der Waals surface area contributed by atoms with Gasteiger partial charge in [0, 0.05) is 20.6 Å². The smallest absolute Gasteiger partial charge is 0.242 e. The first-order valence-corrected chi connectivity index (χ1v) is 8.80. The fourth-order valence-electron chi connectivity index (χ4n) is 2.20.